The summed E-state index contributed by atoms with van der Waals surface area (Å²) >= 11 is 0. The second-order valence-electron chi connectivity index (χ2n) is 6.15. The molecule has 0 aromatic heterocycles. The normalized spacial score (nSPS) is 22.9. The number of piperazine rings is 1. The Balaban J connectivity index is 2.02. The lowest BCUT2D eigenvalue weighted by atomic mass is 9.86. The highest BCUT2D eigenvalue weighted by Gasteiger charge is 2.38. The minimum atomic E-state index is 0.378. The Labute approximate surface area is 124 Å². The Morgan fingerprint density at radius 2 is 1.85 bits per heavy atom. The summed E-state index contributed by atoms with van der Waals surface area (Å²) in [5.74, 6) is 0. The van der Waals surface area contributed by atoms with Gasteiger partial charge in [0.05, 0.1) is 0 Å². The average Bonchev–Trinajstić information content (AvgIpc) is 2.50. The maximum Gasteiger partial charge on any atom is 0.0329 e. The van der Waals surface area contributed by atoms with Crippen LogP contribution < -0.4 is 5.32 Å². The Morgan fingerprint density at radius 1 is 1.15 bits per heavy atom. The van der Waals surface area contributed by atoms with Gasteiger partial charge in [0.25, 0.3) is 0 Å². The van der Waals surface area contributed by atoms with Gasteiger partial charge >= 0.3 is 0 Å². The van der Waals surface area contributed by atoms with Crippen LogP contribution in [0, 0.1) is 0 Å². The predicted molar refractivity (Wildman–Crippen MR) is 87.1 cm³/mol. The first kappa shape index (κ1) is 15.5. The first-order chi connectivity index (χ1) is 9.74. The molecule has 0 amide bonds. The van der Waals surface area contributed by atoms with Crippen LogP contribution in [0.25, 0.3) is 0 Å². The van der Waals surface area contributed by atoms with Crippen molar-refractivity contribution in [1.82, 2.24) is 10.2 Å². The van der Waals surface area contributed by atoms with Gasteiger partial charge in [-0.05, 0) is 37.8 Å². The molecule has 1 aromatic carbocycles. The number of nitrogens with zero attached hydrogens (tertiary/aromatic N) is 1. The SMILES string of the molecule is CCCN1CC(Cc2ccccc2)NCC1(CC)CC. The number of hydrogen-bond donors (Lipinski definition) is 1. The van der Waals surface area contributed by atoms with E-state index in [1.165, 1.54) is 37.9 Å². The van der Waals surface area contributed by atoms with Crippen LogP contribution in [0.5, 0.6) is 0 Å². The summed E-state index contributed by atoms with van der Waals surface area (Å²) in [4.78, 5) is 2.75. The molecule has 20 heavy (non-hydrogen) atoms. The van der Waals surface area contributed by atoms with Crippen LogP contribution in [-0.4, -0.2) is 36.1 Å². The molecule has 1 unspecified atom stereocenters. The summed E-state index contributed by atoms with van der Waals surface area (Å²) < 4.78 is 0. The highest BCUT2D eigenvalue weighted by molar-refractivity contribution is 5.16. The average molecular weight is 274 g/mol. The zero-order valence-corrected chi connectivity index (χ0v) is 13.4. The summed E-state index contributed by atoms with van der Waals surface area (Å²) in [6, 6.07) is 11.5. The van der Waals surface area contributed by atoms with E-state index in [9.17, 15) is 0 Å². The third kappa shape index (κ3) is 3.42. The molecule has 0 aliphatic carbocycles. The Morgan fingerprint density at radius 3 is 2.45 bits per heavy atom. The number of nitrogens with one attached hydrogen (secondary N) is 1. The maximum absolute atomic E-state index is 3.81. The van der Waals surface area contributed by atoms with Crippen molar-refractivity contribution in [2.45, 2.75) is 58.0 Å². The Hall–Kier alpha value is -0.860. The second-order valence-corrected chi connectivity index (χ2v) is 6.15. The van der Waals surface area contributed by atoms with E-state index < -0.39 is 0 Å². The Bertz CT molecular complexity index is 384. The molecule has 2 nitrogen and oxygen atoms in total. The lowest BCUT2D eigenvalue weighted by Gasteiger charge is -2.50. The monoisotopic (exact) mass is 274 g/mol. The minimum absolute atomic E-state index is 0.378. The van der Waals surface area contributed by atoms with Crippen molar-refractivity contribution < 1.29 is 0 Å². The fourth-order valence-corrected chi connectivity index (χ4v) is 3.55. The van der Waals surface area contributed by atoms with Crippen LogP contribution in [0.1, 0.15) is 45.6 Å². The molecular weight excluding hydrogens is 244 g/mol. The number of benzene rings is 1. The van der Waals surface area contributed by atoms with Crippen molar-refractivity contribution in [1.29, 1.82) is 0 Å². The van der Waals surface area contributed by atoms with Crippen molar-refractivity contribution >= 4 is 0 Å². The molecular formula is C18H30N2. The van der Waals surface area contributed by atoms with E-state index in [1.54, 1.807) is 0 Å². The lowest BCUT2D eigenvalue weighted by molar-refractivity contribution is 0.0318. The van der Waals surface area contributed by atoms with Crippen LogP contribution >= 0.6 is 0 Å². The summed E-state index contributed by atoms with van der Waals surface area (Å²) in [7, 11) is 0. The van der Waals surface area contributed by atoms with E-state index in [1.807, 2.05) is 0 Å². The molecule has 1 aromatic rings. The number of rotatable bonds is 6. The third-order valence-corrected chi connectivity index (χ3v) is 4.97. The molecule has 1 aliphatic heterocycles. The van der Waals surface area contributed by atoms with Crippen LogP contribution in [0.15, 0.2) is 30.3 Å². The Kier molecular flexibility index (Phi) is 5.62. The van der Waals surface area contributed by atoms with Crippen LogP contribution in [0.4, 0.5) is 0 Å². The summed E-state index contributed by atoms with van der Waals surface area (Å²) in [6.45, 7) is 10.5. The van der Waals surface area contributed by atoms with Crippen LogP contribution in [0.3, 0.4) is 0 Å². The standard InChI is InChI=1S/C18H30N2/c1-4-12-20-14-17(13-16-10-8-7-9-11-16)19-15-18(20,5-2)6-3/h7-11,17,19H,4-6,12-15H2,1-3H3. The zero-order valence-electron chi connectivity index (χ0n) is 13.4. The summed E-state index contributed by atoms with van der Waals surface area (Å²) in [6.07, 6.45) is 4.88. The fourth-order valence-electron chi connectivity index (χ4n) is 3.55. The maximum atomic E-state index is 3.81. The summed E-state index contributed by atoms with van der Waals surface area (Å²) in [5, 5.41) is 3.81. The molecule has 2 rings (SSSR count). The van der Waals surface area contributed by atoms with E-state index in [0.29, 0.717) is 11.6 Å². The molecule has 0 radical (unpaired) electrons. The van der Waals surface area contributed by atoms with Gasteiger partial charge in [-0.3, -0.25) is 4.90 Å². The van der Waals surface area contributed by atoms with E-state index >= 15 is 0 Å². The quantitative estimate of drug-likeness (QED) is 0.854. The molecule has 1 N–H and O–H groups in total. The van der Waals surface area contributed by atoms with Crippen molar-refractivity contribution in [3.05, 3.63) is 35.9 Å². The summed E-state index contributed by atoms with van der Waals surface area (Å²) in [5.41, 5.74) is 1.82. The van der Waals surface area contributed by atoms with Crippen molar-refractivity contribution in [2.75, 3.05) is 19.6 Å². The second kappa shape index (κ2) is 7.24. The molecule has 0 saturated carbocycles. The van der Waals surface area contributed by atoms with Gasteiger partial charge in [-0.1, -0.05) is 51.1 Å². The van der Waals surface area contributed by atoms with Gasteiger partial charge in [0.15, 0.2) is 0 Å². The van der Waals surface area contributed by atoms with Gasteiger partial charge in [0.2, 0.25) is 0 Å². The first-order valence-corrected chi connectivity index (χ1v) is 8.26. The topological polar surface area (TPSA) is 15.3 Å². The molecule has 0 bridgehead atoms. The van der Waals surface area contributed by atoms with Gasteiger partial charge < -0.3 is 5.32 Å². The van der Waals surface area contributed by atoms with E-state index in [-0.39, 0.29) is 0 Å². The van der Waals surface area contributed by atoms with E-state index in [4.69, 9.17) is 0 Å². The van der Waals surface area contributed by atoms with Gasteiger partial charge in [0, 0.05) is 24.7 Å². The highest BCUT2D eigenvalue weighted by atomic mass is 15.3. The molecule has 2 heteroatoms. The van der Waals surface area contributed by atoms with Gasteiger partial charge in [0.1, 0.15) is 0 Å². The molecule has 1 fully saturated rings. The molecule has 112 valence electrons. The number of hydrogen-bond acceptors (Lipinski definition) is 2. The molecule has 1 aliphatic rings. The van der Waals surface area contributed by atoms with Crippen molar-refractivity contribution in [3.8, 4) is 0 Å². The highest BCUT2D eigenvalue weighted by Crippen LogP contribution is 2.27. The lowest BCUT2D eigenvalue weighted by Crippen LogP contribution is -2.64. The smallest absolute Gasteiger partial charge is 0.0329 e. The van der Waals surface area contributed by atoms with Crippen molar-refractivity contribution in [2.24, 2.45) is 0 Å². The molecule has 1 atom stereocenters. The molecule has 1 heterocycles. The van der Waals surface area contributed by atoms with E-state index in [2.05, 4.69) is 61.3 Å². The predicted octanol–water partition coefficient (Wildman–Crippen LogP) is 3.47. The van der Waals surface area contributed by atoms with Gasteiger partial charge in [-0.2, -0.15) is 0 Å². The van der Waals surface area contributed by atoms with Crippen LogP contribution in [-0.2, 0) is 6.42 Å². The third-order valence-electron chi connectivity index (χ3n) is 4.97. The minimum Gasteiger partial charge on any atom is -0.311 e. The molecule has 1 saturated heterocycles. The van der Waals surface area contributed by atoms with E-state index in [0.717, 1.165) is 13.0 Å². The van der Waals surface area contributed by atoms with Gasteiger partial charge in [-0.15, -0.1) is 0 Å². The molecule has 0 spiro atoms. The van der Waals surface area contributed by atoms with Crippen LogP contribution in [0.2, 0.25) is 0 Å². The van der Waals surface area contributed by atoms with Gasteiger partial charge in [-0.25, -0.2) is 0 Å². The fraction of sp³-hybridized carbons (Fsp3) is 0.667. The first-order valence-electron chi connectivity index (χ1n) is 8.26. The largest absolute Gasteiger partial charge is 0.311 e. The zero-order chi connectivity index (χ0) is 14.4. The van der Waals surface area contributed by atoms with Crippen molar-refractivity contribution in [3.63, 3.8) is 0 Å².